The third kappa shape index (κ3) is 4.83. The smallest absolute Gasteiger partial charge is 0.238 e. The van der Waals surface area contributed by atoms with Crippen molar-refractivity contribution in [1.29, 1.82) is 0 Å². The molecule has 3 aromatic rings. The van der Waals surface area contributed by atoms with Crippen LogP contribution in [0.15, 0.2) is 30.6 Å². The molecular weight excluding hydrogens is 566 g/mol. The topological polar surface area (TPSA) is 121 Å². The van der Waals surface area contributed by atoms with E-state index in [1.54, 1.807) is 13.8 Å². The predicted molar refractivity (Wildman–Crippen MR) is 176 cm³/mol. The fraction of sp³-hybridized carbons (Fsp3) is 0.600. The normalized spacial score (nSPS) is 23.6. The molecule has 1 saturated carbocycles. The average molecular weight is 614 g/mol. The number of aliphatic hydroxyl groups excluding tert-OH is 1. The van der Waals surface area contributed by atoms with Gasteiger partial charge in [0.15, 0.2) is 0 Å². The number of hydrogen-bond acceptors (Lipinski definition) is 7. The number of hydrogen-bond donors (Lipinski definition) is 2. The van der Waals surface area contributed by atoms with Gasteiger partial charge in [0, 0.05) is 42.5 Å². The molecule has 0 bridgehead atoms. The fourth-order valence-corrected chi connectivity index (χ4v) is 8.16. The summed E-state index contributed by atoms with van der Waals surface area (Å²) in [6.07, 6.45) is 8.79. The molecule has 0 radical (unpaired) electrons. The van der Waals surface area contributed by atoms with Crippen molar-refractivity contribution in [2.24, 2.45) is 5.41 Å². The number of amides is 2. The highest BCUT2D eigenvalue weighted by atomic mass is 16.3. The molecule has 2 amide bonds. The fourth-order valence-electron chi connectivity index (χ4n) is 8.16. The average Bonchev–Trinajstić information content (AvgIpc) is 3.55. The highest BCUT2D eigenvalue weighted by molar-refractivity contribution is 6.09. The molecule has 1 aromatic carbocycles. The van der Waals surface area contributed by atoms with E-state index in [0.717, 1.165) is 59.5 Å². The van der Waals surface area contributed by atoms with Gasteiger partial charge in [-0.2, -0.15) is 0 Å². The molecular formula is C35H47N7O3. The largest absolute Gasteiger partial charge is 0.395 e. The zero-order valence-corrected chi connectivity index (χ0v) is 27.1. The molecule has 0 atom stereocenters. The first-order chi connectivity index (χ1) is 21.5. The second-order valence-electron chi connectivity index (χ2n) is 14.7. The number of likely N-dealkylation sites (tertiary alicyclic amines) is 2. The number of rotatable bonds is 6. The summed E-state index contributed by atoms with van der Waals surface area (Å²) in [6.45, 7) is 10.9. The molecule has 2 aromatic heterocycles. The number of pyridine rings is 1. The van der Waals surface area contributed by atoms with Crippen LogP contribution >= 0.6 is 0 Å². The van der Waals surface area contributed by atoms with Crippen LogP contribution in [0.5, 0.6) is 0 Å². The monoisotopic (exact) mass is 613 g/mol. The predicted octanol–water partition coefficient (Wildman–Crippen LogP) is 4.50. The van der Waals surface area contributed by atoms with Gasteiger partial charge in [0.25, 0.3) is 0 Å². The summed E-state index contributed by atoms with van der Waals surface area (Å²) in [4.78, 5) is 43.9. The molecule has 3 aliphatic heterocycles. The van der Waals surface area contributed by atoms with E-state index in [0.29, 0.717) is 37.8 Å². The van der Waals surface area contributed by atoms with Crippen LogP contribution in [0.4, 0.5) is 11.5 Å². The van der Waals surface area contributed by atoms with Crippen molar-refractivity contribution in [1.82, 2.24) is 24.3 Å². The molecule has 10 nitrogen and oxygen atoms in total. The van der Waals surface area contributed by atoms with E-state index < -0.39 is 10.8 Å². The second-order valence-corrected chi connectivity index (χ2v) is 14.7. The number of carbonyl (C=O) groups is 2. The van der Waals surface area contributed by atoms with Gasteiger partial charge in [-0.25, -0.2) is 9.97 Å². The van der Waals surface area contributed by atoms with Gasteiger partial charge in [-0.05, 0) is 97.0 Å². The van der Waals surface area contributed by atoms with Gasteiger partial charge in [0.1, 0.15) is 11.3 Å². The summed E-state index contributed by atoms with van der Waals surface area (Å²) in [5.74, 6) is 0.564. The number of nitrogen functional groups attached to an aromatic ring is 1. The van der Waals surface area contributed by atoms with Crippen molar-refractivity contribution in [3.63, 3.8) is 0 Å². The number of imidazole rings is 1. The Labute approximate surface area is 265 Å². The minimum Gasteiger partial charge on any atom is -0.395 e. The highest BCUT2D eigenvalue weighted by Crippen LogP contribution is 2.52. The van der Waals surface area contributed by atoms with Gasteiger partial charge in [0.2, 0.25) is 11.8 Å². The number of piperidine rings is 2. The number of carbonyl (C=O) groups excluding carboxylic acids is 2. The number of fused-ring (bicyclic) bond motifs is 3. The maximum atomic E-state index is 14.6. The number of aromatic nitrogens is 3. The Hall–Kier alpha value is -3.50. The molecule has 5 heterocycles. The van der Waals surface area contributed by atoms with Crippen molar-refractivity contribution in [3.05, 3.63) is 36.2 Å². The van der Waals surface area contributed by atoms with Gasteiger partial charge >= 0.3 is 0 Å². The van der Waals surface area contributed by atoms with Crippen LogP contribution in [0.2, 0.25) is 0 Å². The van der Waals surface area contributed by atoms with Crippen molar-refractivity contribution < 1.29 is 14.7 Å². The van der Waals surface area contributed by atoms with Gasteiger partial charge in [-0.3, -0.25) is 9.59 Å². The van der Waals surface area contributed by atoms with E-state index in [2.05, 4.69) is 46.8 Å². The minimum absolute atomic E-state index is 0.0555. The summed E-state index contributed by atoms with van der Waals surface area (Å²) in [7, 11) is 0. The van der Waals surface area contributed by atoms with Crippen LogP contribution in [-0.4, -0.2) is 86.1 Å². The number of benzene rings is 1. The molecule has 45 heavy (non-hydrogen) atoms. The summed E-state index contributed by atoms with van der Waals surface area (Å²) in [5.41, 5.74) is 10.4. The Morgan fingerprint density at radius 3 is 2.44 bits per heavy atom. The molecule has 2 saturated heterocycles. The Morgan fingerprint density at radius 2 is 1.78 bits per heavy atom. The van der Waals surface area contributed by atoms with E-state index in [4.69, 9.17) is 10.7 Å². The maximum Gasteiger partial charge on any atom is 0.238 e. The van der Waals surface area contributed by atoms with E-state index in [1.165, 1.54) is 19.3 Å². The van der Waals surface area contributed by atoms with E-state index in [9.17, 15) is 14.7 Å². The lowest BCUT2D eigenvalue weighted by Crippen LogP contribution is -2.58. The minimum atomic E-state index is -0.834. The second kappa shape index (κ2) is 11.1. The molecule has 7 rings (SSSR count). The van der Waals surface area contributed by atoms with Gasteiger partial charge in [0.05, 0.1) is 35.0 Å². The maximum absolute atomic E-state index is 14.6. The lowest BCUT2D eigenvalue weighted by molar-refractivity contribution is -0.145. The van der Waals surface area contributed by atoms with Crippen molar-refractivity contribution >= 4 is 34.4 Å². The third-order valence-corrected chi connectivity index (χ3v) is 11.1. The summed E-state index contributed by atoms with van der Waals surface area (Å²) in [6, 6.07) is 9.22. The van der Waals surface area contributed by atoms with Gasteiger partial charge in [-0.1, -0.05) is 18.6 Å². The number of aliphatic hydroxyl groups is 1. The molecule has 1 spiro atoms. The zero-order chi connectivity index (χ0) is 31.7. The van der Waals surface area contributed by atoms with Gasteiger partial charge < -0.3 is 30.1 Å². The first-order valence-electron chi connectivity index (χ1n) is 16.8. The van der Waals surface area contributed by atoms with E-state index >= 15 is 0 Å². The first kappa shape index (κ1) is 30.2. The molecule has 1 aliphatic carbocycles. The van der Waals surface area contributed by atoms with Crippen molar-refractivity contribution in [2.75, 3.05) is 43.4 Å². The van der Waals surface area contributed by atoms with Crippen molar-refractivity contribution in [2.45, 2.75) is 96.2 Å². The third-order valence-electron chi connectivity index (χ3n) is 11.1. The van der Waals surface area contributed by atoms with E-state index in [1.807, 2.05) is 21.9 Å². The summed E-state index contributed by atoms with van der Waals surface area (Å²) < 4.78 is 2.04. The SMILES string of the molecule is CC(C)n1cnc2cc(-c3ccc4c(c3)N([C@H]3C[C@@H](N5CCCCC5)C3)C(=O)C43CCN(C(=O)C(C)(C)CO)CC3)nc(N)c21. The lowest BCUT2D eigenvalue weighted by Gasteiger charge is -2.48. The van der Waals surface area contributed by atoms with Crippen LogP contribution in [0, 0.1) is 5.41 Å². The number of nitrogens with zero attached hydrogens (tertiary/aromatic N) is 6. The first-order valence-corrected chi connectivity index (χ1v) is 16.8. The summed E-state index contributed by atoms with van der Waals surface area (Å²) >= 11 is 0. The molecule has 3 N–H and O–H groups in total. The summed E-state index contributed by atoms with van der Waals surface area (Å²) in [5, 5.41) is 9.81. The quantitative estimate of drug-likeness (QED) is 0.420. The Morgan fingerprint density at radius 1 is 1.07 bits per heavy atom. The van der Waals surface area contributed by atoms with Crippen LogP contribution in [0.1, 0.15) is 84.2 Å². The van der Waals surface area contributed by atoms with Gasteiger partial charge in [-0.15, -0.1) is 0 Å². The van der Waals surface area contributed by atoms with Crippen LogP contribution in [0.3, 0.4) is 0 Å². The van der Waals surface area contributed by atoms with Crippen molar-refractivity contribution in [3.8, 4) is 11.3 Å². The number of anilines is 2. The van der Waals surface area contributed by atoms with Crippen LogP contribution in [0.25, 0.3) is 22.3 Å². The van der Waals surface area contributed by atoms with Crippen LogP contribution in [-0.2, 0) is 15.0 Å². The molecule has 10 heteroatoms. The zero-order valence-electron chi connectivity index (χ0n) is 27.1. The molecule has 240 valence electrons. The molecule has 0 unspecified atom stereocenters. The molecule has 4 aliphatic rings. The molecule has 3 fully saturated rings. The van der Waals surface area contributed by atoms with E-state index in [-0.39, 0.29) is 30.5 Å². The lowest BCUT2D eigenvalue weighted by atomic mass is 9.73. The number of nitrogens with two attached hydrogens (primary N) is 1. The Balaban J connectivity index is 1.23. The van der Waals surface area contributed by atoms with Crippen LogP contribution < -0.4 is 10.6 Å². The standard InChI is InChI=1S/C35H47N7O3/c1-22(2)41-21-37-28-19-27(38-31(36)30(28)41)23-8-9-26-29(16-23)42(25-17-24(18-25)39-12-6-5-7-13-39)33(45)35(26)10-14-40(15-11-35)32(44)34(3,4)20-43/h8-9,16,19,21-22,24-25,43H,5-7,10-15,17-18,20H2,1-4H3,(H2,36,38)/t24-,25+. The Bertz CT molecular complexity index is 1630. The Kier molecular flexibility index (Phi) is 7.43. The highest BCUT2D eigenvalue weighted by Gasteiger charge is 2.56.